The average molecular weight is 201 g/mol. The third-order valence-electron chi connectivity index (χ3n) is 2.24. The first-order valence-corrected chi connectivity index (χ1v) is 4.90. The van der Waals surface area contributed by atoms with Gasteiger partial charge in [0.1, 0.15) is 0 Å². The molecule has 0 aliphatic carbocycles. The molecule has 0 unspecified atom stereocenters. The zero-order valence-electron chi connectivity index (χ0n) is 9.38. The minimum Gasteiger partial charge on any atom is -0.367 e. The Balaban J connectivity index is 3.38. The minimum absolute atomic E-state index is 0.436. The van der Waals surface area contributed by atoms with Gasteiger partial charge in [0.25, 0.3) is 0 Å². The lowest BCUT2D eigenvalue weighted by Crippen LogP contribution is -2.41. The van der Waals surface area contributed by atoms with Crippen molar-refractivity contribution in [2.45, 2.75) is 13.3 Å². The zero-order valence-corrected chi connectivity index (χ0v) is 9.38. The molecule has 0 atom stereocenters. The van der Waals surface area contributed by atoms with Crippen molar-refractivity contribution in [2.75, 3.05) is 33.7 Å². The van der Waals surface area contributed by atoms with Crippen LogP contribution in [0.5, 0.6) is 0 Å². The van der Waals surface area contributed by atoms with E-state index < -0.39 is 5.97 Å². The van der Waals surface area contributed by atoms with E-state index in [-0.39, 0.29) is 0 Å². The van der Waals surface area contributed by atoms with Gasteiger partial charge in [-0.15, -0.1) is 0 Å². The summed E-state index contributed by atoms with van der Waals surface area (Å²) in [5, 5.41) is 0. The van der Waals surface area contributed by atoms with Crippen molar-refractivity contribution >= 4 is 5.97 Å². The Morgan fingerprint density at radius 3 is 2.71 bits per heavy atom. The highest BCUT2D eigenvalue weighted by Gasteiger charge is 2.10. The van der Waals surface area contributed by atoms with Gasteiger partial charge in [-0.05, 0) is 6.92 Å². The van der Waals surface area contributed by atoms with E-state index in [0.29, 0.717) is 6.54 Å². The lowest BCUT2D eigenvalue weighted by Gasteiger charge is -2.27. The number of carbonyl (C=O) groups excluding carboxylic acids is 1. The van der Waals surface area contributed by atoms with E-state index in [9.17, 15) is 4.79 Å². The first kappa shape index (κ1) is 13.1. The van der Waals surface area contributed by atoms with Crippen LogP contribution in [0.15, 0.2) is 12.7 Å². The quantitative estimate of drug-likeness (QED) is 0.285. The number of rotatable bonds is 7. The second-order valence-corrected chi connectivity index (χ2v) is 3.85. The van der Waals surface area contributed by atoms with Crippen molar-refractivity contribution in [3.05, 3.63) is 12.7 Å². The predicted molar refractivity (Wildman–Crippen MR) is 56.4 cm³/mol. The number of nitrogens with one attached hydrogen (secondary N) is 1. The van der Waals surface area contributed by atoms with E-state index in [0.717, 1.165) is 30.1 Å². The highest BCUT2D eigenvalue weighted by molar-refractivity contribution is 5.80. The van der Waals surface area contributed by atoms with Gasteiger partial charge in [-0.25, -0.2) is 4.79 Å². The van der Waals surface area contributed by atoms with Gasteiger partial charge < -0.3 is 9.32 Å². The number of nitrogens with zero attached hydrogens (tertiary/aromatic N) is 1. The molecular formula is C10H21N2O2+. The molecule has 14 heavy (non-hydrogen) atoms. The van der Waals surface area contributed by atoms with Gasteiger partial charge in [0.2, 0.25) is 0 Å². The van der Waals surface area contributed by atoms with Gasteiger partial charge in [0, 0.05) is 19.0 Å². The molecule has 0 aromatic rings. The molecular weight excluding hydrogens is 180 g/mol. The van der Waals surface area contributed by atoms with E-state index in [1.165, 1.54) is 0 Å². The van der Waals surface area contributed by atoms with Gasteiger partial charge in [0.05, 0.1) is 27.2 Å². The van der Waals surface area contributed by atoms with Crippen LogP contribution < -0.4 is 5.48 Å². The van der Waals surface area contributed by atoms with Crippen molar-refractivity contribution in [1.29, 1.82) is 0 Å². The van der Waals surface area contributed by atoms with Crippen LogP contribution in [0.3, 0.4) is 0 Å². The Morgan fingerprint density at radius 2 is 2.21 bits per heavy atom. The summed E-state index contributed by atoms with van der Waals surface area (Å²) >= 11 is 0. The van der Waals surface area contributed by atoms with Crippen LogP contribution in [0.2, 0.25) is 0 Å². The molecule has 0 fully saturated rings. The van der Waals surface area contributed by atoms with Crippen molar-refractivity contribution in [3.8, 4) is 0 Å². The first-order chi connectivity index (χ1) is 6.52. The monoisotopic (exact) mass is 201 g/mol. The Kier molecular flexibility index (Phi) is 6.16. The smallest absolute Gasteiger partial charge is 0.348 e. The third-order valence-corrected chi connectivity index (χ3v) is 2.24. The first-order valence-electron chi connectivity index (χ1n) is 4.90. The summed E-state index contributed by atoms with van der Waals surface area (Å²) in [4.78, 5) is 15.2. The Morgan fingerprint density at radius 1 is 1.57 bits per heavy atom. The molecule has 0 rings (SSSR count). The molecule has 0 saturated carbocycles. The molecule has 0 aromatic heterocycles. The van der Waals surface area contributed by atoms with Gasteiger partial charge in [-0.1, -0.05) is 6.58 Å². The molecule has 0 aliphatic heterocycles. The van der Waals surface area contributed by atoms with Crippen molar-refractivity contribution < 1.29 is 14.1 Å². The summed E-state index contributed by atoms with van der Waals surface area (Å²) in [6.07, 6.45) is 2.12. The van der Waals surface area contributed by atoms with Crippen LogP contribution in [-0.4, -0.2) is 44.2 Å². The summed E-state index contributed by atoms with van der Waals surface area (Å²) in [7, 11) is 4.35. The zero-order chi connectivity index (χ0) is 11.0. The topological polar surface area (TPSA) is 38.3 Å². The molecule has 0 saturated heterocycles. The summed E-state index contributed by atoms with van der Waals surface area (Å²) in [6.45, 7) is 8.30. The van der Waals surface area contributed by atoms with E-state index in [4.69, 9.17) is 0 Å². The normalized spacial score (nSPS) is 11.1. The number of quaternary nitrogens is 1. The molecule has 1 N–H and O–H groups in total. The maximum atomic E-state index is 10.6. The fourth-order valence-electron chi connectivity index (χ4n) is 0.901. The fourth-order valence-corrected chi connectivity index (χ4v) is 0.901. The average Bonchev–Trinajstić information content (AvgIpc) is 2.17. The van der Waals surface area contributed by atoms with Gasteiger partial charge in [-0.3, -0.25) is 0 Å². The molecule has 4 nitrogen and oxygen atoms in total. The van der Waals surface area contributed by atoms with Crippen molar-refractivity contribution in [2.24, 2.45) is 0 Å². The number of hydrogen-bond donors (Lipinski definition) is 1. The predicted octanol–water partition coefficient (Wildman–Crippen LogP) is 0.707. The van der Waals surface area contributed by atoms with Crippen LogP contribution in [-0.2, 0) is 9.63 Å². The largest absolute Gasteiger partial charge is 0.367 e. The van der Waals surface area contributed by atoms with Crippen LogP contribution in [0.25, 0.3) is 0 Å². The van der Waals surface area contributed by atoms with Gasteiger partial charge in [-0.2, -0.15) is 5.48 Å². The van der Waals surface area contributed by atoms with Crippen LogP contribution >= 0.6 is 0 Å². The molecule has 4 heteroatoms. The standard InChI is InChI=1S/C10H21N2O2/c1-5-10(13)14-11-8-7-9-12(3,4)6-2/h5,11H,1,6-9H2,2-4H3/q+1. The molecule has 0 bridgehead atoms. The van der Waals surface area contributed by atoms with Crippen LogP contribution in [0.4, 0.5) is 0 Å². The lowest BCUT2D eigenvalue weighted by molar-refractivity contribution is -0.888. The Hall–Kier alpha value is -0.870. The summed E-state index contributed by atoms with van der Waals surface area (Å²) in [5.74, 6) is -0.436. The van der Waals surface area contributed by atoms with Gasteiger partial charge in [0.15, 0.2) is 0 Å². The van der Waals surface area contributed by atoms with Crippen LogP contribution in [0.1, 0.15) is 13.3 Å². The number of hydrogen-bond acceptors (Lipinski definition) is 3. The molecule has 82 valence electrons. The molecule has 0 radical (unpaired) electrons. The third kappa shape index (κ3) is 6.62. The van der Waals surface area contributed by atoms with Gasteiger partial charge >= 0.3 is 5.97 Å². The van der Waals surface area contributed by atoms with Crippen molar-refractivity contribution in [3.63, 3.8) is 0 Å². The molecule has 0 spiro atoms. The second kappa shape index (κ2) is 6.56. The molecule has 0 aromatic carbocycles. The Labute approximate surface area is 86.1 Å². The molecule has 0 heterocycles. The van der Waals surface area contributed by atoms with E-state index in [1.807, 2.05) is 0 Å². The summed E-state index contributed by atoms with van der Waals surface area (Å²) < 4.78 is 0.983. The highest BCUT2D eigenvalue weighted by atomic mass is 16.7. The van der Waals surface area contributed by atoms with Crippen LogP contribution in [0, 0.1) is 0 Å². The SMILES string of the molecule is C=CC(=O)ONCCC[N+](C)(C)CC. The van der Waals surface area contributed by atoms with Crippen molar-refractivity contribution in [1.82, 2.24) is 5.48 Å². The highest BCUT2D eigenvalue weighted by Crippen LogP contribution is 1.96. The molecule has 0 aliphatic rings. The lowest BCUT2D eigenvalue weighted by atomic mass is 10.3. The number of carbonyl (C=O) groups is 1. The maximum Gasteiger partial charge on any atom is 0.348 e. The van der Waals surface area contributed by atoms with E-state index >= 15 is 0 Å². The number of hydroxylamine groups is 1. The fraction of sp³-hybridized carbons (Fsp3) is 0.700. The minimum atomic E-state index is -0.436. The molecule has 0 amide bonds. The maximum absolute atomic E-state index is 10.6. The second-order valence-electron chi connectivity index (χ2n) is 3.85. The van der Waals surface area contributed by atoms with E-state index in [2.05, 4.69) is 37.9 Å². The Bertz CT molecular complexity index is 191. The summed E-state index contributed by atoms with van der Waals surface area (Å²) in [6, 6.07) is 0. The summed E-state index contributed by atoms with van der Waals surface area (Å²) in [5.41, 5.74) is 2.60. The van der Waals surface area contributed by atoms with E-state index in [1.54, 1.807) is 0 Å².